The molecule has 0 spiro atoms. The molecule has 1 aliphatic rings. The quantitative estimate of drug-likeness (QED) is 0.507. The molecule has 0 bridgehead atoms. The molecule has 1 aliphatic heterocycles. The summed E-state index contributed by atoms with van der Waals surface area (Å²) in [6.07, 6.45) is 4.96. The number of hydrogen-bond donors (Lipinski definition) is 2. The Bertz CT molecular complexity index is 922. The highest BCUT2D eigenvalue weighted by Gasteiger charge is 2.39. The van der Waals surface area contributed by atoms with Gasteiger partial charge in [-0.05, 0) is 35.6 Å². The fourth-order valence-electron chi connectivity index (χ4n) is 4.19. The number of nitrogens with zero attached hydrogens (tertiary/aromatic N) is 1. The third kappa shape index (κ3) is 4.12. The van der Waals surface area contributed by atoms with Gasteiger partial charge in [-0.3, -0.25) is 9.59 Å². The number of anilines is 2. The number of rotatable bonds is 7. The van der Waals surface area contributed by atoms with Gasteiger partial charge in [0.25, 0.3) is 5.91 Å². The van der Waals surface area contributed by atoms with Gasteiger partial charge in [-0.2, -0.15) is 0 Å². The zero-order valence-electron chi connectivity index (χ0n) is 18.2. The van der Waals surface area contributed by atoms with Gasteiger partial charge in [0, 0.05) is 11.3 Å². The summed E-state index contributed by atoms with van der Waals surface area (Å²) in [4.78, 5) is 28.5. The first kappa shape index (κ1) is 22.0. The van der Waals surface area contributed by atoms with Crippen LogP contribution < -0.4 is 16.4 Å². The van der Waals surface area contributed by atoms with E-state index in [1.54, 1.807) is 12.1 Å². The molecule has 3 rings (SSSR count). The van der Waals surface area contributed by atoms with Crippen LogP contribution in [0.2, 0.25) is 0 Å². The van der Waals surface area contributed by atoms with Crippen LogP contribution in [-0.4, -0.2) is 17.9 Å². The SMILES string of the molecule is CCCCCCC1C(=O)N(C(=O)[C@@H](N)C(C)C)c2cccc(N)c2-c2ccccc21. The summed E-state index contributed by atoms with van der Waals surface area (Å²) in [5.74, 6) is -1.05. The molecule has 2 atom stereocenters. The van der Waals surface area contributed by atoms with Crippen LogP contribution in [0.3, 0.4) is 0 Å². The van der Waals surface area contributed by atoms with Gasteiger partial charge in [0.2, 0.25) is 5.91 Å². The van der Waals surface area contributed by atoms with E-state index in [-0.39, 0.29) is 17.7 Å². The number of nitrogens with two attached hydrogens (primary N) is 2. The van der Waals surface area contributed by atoms with E-state index in [0.29, 0.717) is 17.8 Å². The highest BCUT2D eigenvalue weighted by atomic mass is 16.2. The van der Waals surface area contributed by atoms with Crippen molar-refractivity contribution in [3.63, 3.8) is 0 Å². The molecule has 0 aromatic heterocycles. The van der Waals surface area contributed by atoms with Gasteiger partial charge in [-0.25, -0.2) is 4.90 Å². The molecule has 0 radical (unpaired) electrons. The fraction of sp³-hybridized carbons (Fsp3) is 0.440. The molecule has 2 amide bonds. The molecule has 2 aromatic carbocycles. The largest absolute Gasteiger partial charge is 0.398 e. The van der Waals surface area contributed by atoms with Gasteiger partial charge in [0.05, 0.1) is 17.6 Å². The number of benzene rings is 2. The minimum absolute atomic E-state index is 0.0801. The summed E-state index contributed by atoms with van der Waals surface area (Å²) in [7, 11) is 0. The molecule has 0 saturated carbocycles. The first-order valence-corrected chi connectivity index (χ1v) is 11.0. The van der Waals surface area contributed by atoms with E-state index in [4.69, 9.17) is 11.5 Å². The van der Waals surface area contributed by atoms with Crippen molar-refractivity contribution in [3.8, 4) is 11.1 Å². The summed E-state index contributed by atoms with van der Waals surface area (Å²) >= 11 is 0. The maximum Gasteiger partial charge on any atom is 0.250 e. The first-order chi connectivity index (χ1) is 14.4. The molecular weight excluding hydrogens is 374 g/mol. The maximum atomic E-state index is 13.8. The molecule has 2 aromatic rings. The second-order valence-electron chi connectivity index (χ2n) is 8.51. The Morgan fingerprint density at radius 1 is 1.07 bits per heavy atom. The Morgan fingerprint density at radius 3 is 2.50 bits per heavy atom. The van der Waals surface area contributed by atoms with Crippen LogP contribution in [0.5, 0.6) is 0 Å². The Kier molecular flexibility index (Phi) is 6.93. The molecular formula is C25H33N3O2. The third-order valence-electron chi connectivity index (χ3n) is 6.01. The minimum Gasteiger partial charge on any atom is -0.398 e. The van der Waals surface area contributed by atoms with Crippen LogP contribution in [0.15, 0.2) is 42.5 Å². The Balaban J connectivity index is 2.16. The number of nitrogen functional groups attached to an aromatic ring is 1. The summed E-state index contributed by atoms with van der Waals surface area (Å²) < 4.78 is 0. The van der Waals surface area contributed by atoms with Crippen LogP contribution in [0.25, 0.3) is 11.1 Å². The fourth-order valence-corrected chi connectivity index (χ4v) is 4.19. The van der Waals surface area contributed by atoms with E-state index in [2.05, 4.69) is 6.92 Å². The third-order valence-corrected chi connectivity index (χ3v) is 6.01. The first-order valence-electron chi connectivity index (χ1n) is 11.0. The van der Waals surface area contributed by atoms with Crippen LogP contribution in [0, 0.1) is 5.92 Å². The standard InChI is InChI=1S/C25H33N3O2/c1-4-5-6-7-13-19-17-11-8-9-12-18(17)22-20(26)14-10-15-21(22)28(24(19)29)25(30)23(27)16(2)3/h8-12,14-16,19,23H,4-7,13,26-27H2,1-3H3/t19?,23-/m0/s1. The maximum absolute atomic E-state index is 13.8. The molecule has 30 heavy (non-hydrogen) atoms. The Morgan fingerprint density at radius 2 is 1.80 bits per heavy atom. The summed E-state index contributed by atoms with van der Waals surface area (Å²) in [5.41, 5.74) is 16.3. The molecule has 1 unspecified atom stereocenters. The monoisotopic (exact) mass is 407 g/mol. The van der Waals surface area contributed by atoms with E-state index in [9.17, 15) is 9.59 Å². The van der Waals surface area contributed by atoms with Crippen molar-refractivity contribution in [2.45, 2.75) is 64.8 Å². The van der Waals surface area contributed by atoms with Crippen molar-refractivity contribution in [3.05, 3.63) is 48.0 Å². The lowest BCUT2D eigenvalue weighted by Crippen LogP contribution is -2.50. The number of hydrogen-bond acceptors (Lipinski definition) is 4. The lowest BCUT2D eigenvalue weighted by atomic mass is 9.87. The van der Waals surface area contributed by atoms with Crippen molar-refractivity contribution in [2.24, 2.45) is 11.7 Å². The zero-order chi connectivity index (χ0) is 21.8. The van der Waals surface area contributed by atoms with Gasteiger partial charge >= 0.3 is 0 Å². The van der Waals surface area contributed by atoms with Gasteiger partial charge in [0.15, 0.2) is 0 Å². The lowest BCUT2D eigenvalue weighted by molar-refractivity contribution is -0.128. The minimum atomic E-state index is -0.759. The van der Waals surface area contributed by atoms with Crippen LogP contribution in [-0.2, 0) is 9.59 Å². The summed E-state index contributed by atoms with van der Waals surface area (Å²) in [6, 6.07) is 12.5. The van der Waals surface area contributed by atoms with Crippen LogP contribution >= 0.6 is 0 Å². The molecule has 1 heterocycles. The number of imide groups is 1. The predicted molar refractivity (Wildman–Crippen MR) is 123 cm³/mol. The van der Waals surface area contributed by atoms with Crippen molar-refractivity contribution >= 4 is 23.2 Å². The number of carbonyl (C=O) groups is 2. The molecule has 0 saturated heterocycles. The highest BCUT2D eigenvalue weighted by molar-refractivity contribution is 6.22. The lowest BCUT2D eigenvalue weighted by Gasteiger charge is -2.28. The Labute approximate surface area is 179 Å². The number of amides is 2. The van der Waals surface area contributed by atoms with E-state index in [1.807, 2.05) is 44.2 Å². The van der Waals surface area contributed by atoms with Crippen molar-refractivity contribution in [1.82, 2.24) is 0 Å². The van der Waals surface area contributed by atoms with Crippen LogP contribution in [0.1, 0.15) is 64.4 Å². The number of fused-ring (bicyclic) bond motifs is 3. The zero-order valence-corrected chi connectivity index (χ0v) is 18.2. The average molecular weight is 408 g/mol. The van der Waals surface area contributed by atoms with Crippen LogP contribution in [0.4, 0.5) is 11.4 Å². The van der Waals surface area contributed by atoms with Gasteiger partial charge in [0.1, 0.15) is 0 Å². The number of carbonyl (C=O) groups excluding carboxylic acids is 2. The van der Waals surface area contributed by atoms with Gasteiger partial charge in [-0.15, -0.1) is 0 Å². The second-order valence-corrected chi connectivity index (χ2v) is 8.51. The molecule has 5 heteroatoms. The van der Waals surface area contributed by atoms with E-state index < -0.39 is 12.0 Å². The topological polar surface area (TPSA) is 89.4 Å². The average Bonchev–Trinajstić information content (AvgIpc) is 2.83. The molecule has 5 nitrogen and oxygen atoms in total. The highest BCUT2D eigenvalue weighted by Crippen LogP contribution is 2.45. The molecule has 0 fully saturated rings. The molecule has 0 aliphatic carbocycles. The van der Waals surface area contributed by atoms with E-state index >= 15 is 0 Å². The van der Waals surface area contributed by atoms with Gasteiger partial charge < -0.3 is 11.5 Å². The summed E-state index contributed by atoms with van der Waals surface area (Å²) in [6.45, 7) is 5.95. The predicted octanol–water partition coefficient (Wildman–Crippen LogP) is 4.85. The molecule has 4 N–H and O–H groups in total. The smallest absolute Gasteiger partial charge is 0.250 e. The van der Waals surface area contributed by atoms with E-state index in [1.165, 1.54) is 4.90 Å². The normalized spacial score (nSPS) is 16.8. The number of unbranched alkanes of at least 4 members (excludes halogenated alkanes) is 3. The van der Waals surface area contributed by atoms with Crippen molar-refractivity contribution < 1.29 is 9.59 Å². The van der Waals surface area contributed by atoms with E-state index in [0.717, 1.165) is 42.4 Å². The second kappa shape index (κ2) is 9.43. The Hall–Kier alpha value is -2.66. The van der Waals surface area contributed by atoms with Gasteiger partial charge in [-0.1, -0.05) is 76.8 Å². The van der Waals surface area contributed by atoms with Crippen molar-refractivity contribution in [1.29, 1.82) is 0 Å². The van der Waals surface area contributed by atoms with Crippen molar-refractivity contribution in [2.75, 3.05) is 10.6 Å². The summed E-state index contributed by atoms with van der Waals surface area (Å²) in [5, 5.41) is 0. The molecule has 160 valence electrons.